The molecular weight excluding hydrogens is 805 g/mol. The zero-order valence-corrected chi connectivity index (χ0v) is 35.1. The van der Waals surface area contributed by atoms with Crippen LogP contribution in [-0.4, -0.2) is 51.2 Å². The van der Waals surface area contributed by atoms with Gasteiger partial charge in [-0.3, -0.25) is 0 Å². The molecule has 0 spiro atoms. The molecule has 0 amide bonds. The third-order valence-electron chi connectivity index (χ3n) is 10.4. The van der Waals surface area contributed by atoms with Crippen LogP contribution in [0.1, 0.15) is 33.6 Å². The predicted octanol–water partition coefficient (Wildman–Crippen LogP) is 9.76. The molecule has 0 aliphatic heterocycles. The Hall–Kier alpha value is -8.52. The lowest BCUT2D eigenvalue weighted by Crippen LogP contribution is -2.02. The summed E-state index contributed by atoms with van der Waals surface area (Å²) >= 11 is 0. The van der Waals surface area contributed by atoms with Crippen LogP contribution in [-0.2, 0) is 26.4 Å². The van der Waals surface area contributed by atoms with Crippen LogP contribution in [0.25, 0.3) is 44.6 Å². The fraction of sp³-hybridized carbons (Fsp3) is 0.120. The Bertz CT molecular complexity index is 3090. The standard InChI is InChI=1S/2C25H21N5O2/c1-17-23(31-15-18-9-11-20(12-10-18)25-27-29-30-28-25)7-4-8-24(17)32-16-21-14-13-19-5-2-3-6-22(19)26-21;1-17-14-22(31-16-21-11-10-19-4-2-3-5-23(19)26-21)12-13-24(17)32-15-18-6-8-20(9-7-18)25-27-29-30-28-25/h2*2-14H,15-16H2,1H3,(H,27,28,29,30). The number of pyridine rings is 2. The Morgan fingerprint density at radius 2 is 0.938 bits per heavy atom. The van der Waals surface area contributed by atoms with E-state index in [9.17, 15) is 0 Å². The smallest absolute Gasteiger partial charge is 0.204 e. The minimum Gasteiger partial charge on any atom is -0.489 e. The summed E-state index contributed by atoms with van der Waals surface area (Å²) < 4.78 is 24.1. The van der Waals surface area contributed by atoms with Crippen molar-refractivity contribution in [3.63, 3.8) is 0 Å². The molecule has 0 fully saturated rings. The maximum absolute atomic E-state index is 6.06. The van der Waals surface area contributed by atoms with Gasteiger partial charge in [0, 0.05) is 27.5 Å². The first-order chi connectivity index (χ1) is 31.5. The van der Waals surface area contributed by atoms with Crippen molar-refractivity contribution in [2.24, 2.45) is 0 Å². The molecule has 316 valence electrons. The van der Waals surface area contributed by atoms with Crippen molar-refractivity contribution in [3.05, 3.63) is 191 Å². The zero-order valence-electron chi connectivity index (χ0n) is 35.1. The van der Waals surface area contributed by atoms with Gasteiger partial charge in [0.1, 0.15) is 49.4 Å². The van der Waals surface area contributed by atoms with Gasteiger partial charge in [-0.1, -0.05) is 103 Å². The second-order valence-corrected chi connectivity index (χ2v) is 14.8. The number of nitrogens with zero attached hydrogens (tertiary/aromatic N) is 8. The lowest BCUT2D eigenvalue weighted by molar-refractivity contribution is 0.284. The van der Waals surface area contributed by atoms with Gasteiger partial charge in [-0.05, 0) is 95.6 Å². The van der Waals surface area contributed by atoms with Gasteiger partial charge in [-0.15, -0.1) is 20.4 Å². The summed E-state index contributed by atoms with van der Waals surface area (Å²) in [6, 6.07) is 51.7. The lowest BCUT2D eigenvalue weighted by atomic mass is 10.1. The van der Waals surface area contributed by atoms with Gasteiger partial charge < -0.3 is 18.9 Å². The lowest BCUT2D eigenvalue weighted by Gasteiger charge is -2.14. The molecule has 10 rings (SSSR count). The summed E-state index contributed by atoms with van der Waals surface area (Å²) in [6.45, 7) is 5.73. The highest BCUT2D eigenvalue weighted by Gasteiger charge is 2.10. The third kappa shape index (κ3) is 10.1. The summed E-state index contributed by atoms with van der Waals surface area (Å²) in [5, 5.41) is 30.3. The molecule has 0 radical (unpaired) electrons. The molecule has 2 N–H and O–H groups in total. The molecular formula is C50H42N10O4. The molecule has 4 aromatic heterocycles. The number of nitrogens with one attached hydrogen (secondary N) is 2. The number of hydrogen-bond donors (Lipinski definition) is 2. The van der Waals surface area contributed by atoms with Crippen molar-refractivity contribution in [3.8, 4) is 45.8 Å². The van der Waals surface area contributed by atoms with Crippen LogP contribution in [0.4, 0.5) is 0 Å². The summed E-state index contributed by atoms with van der Waals surface area (Å²) in [5.41, 5.74) is 9.59. The van der Waals surface area contributed by atoms with Crippen molar-refractivity contribution < 1.29 is 18.9 Å². The monoisotopic (exact) mass is 846 g/mol. The number of aromatic amines is 2. The van der Waals surface area contributed by atoms with E-state index < -0.39 is 0 Å². The zero-order chi connectivity index (χ0) is 43.5. The number of aryl methyl sites for hydroxylation is 1. The number of ether oxygens (including phenoxy) is 4. The van der Waals surface area contributed by atoms with E-state index in [4.69, 9.17) is 18.9 Å². The molecule has 0 unspecified atom stereocenters. The van der Waals surface area contributed by atoms with Crippen molar-refractivity contribution in [2.75, 3.05) is 0 Å². The number of rotatable bonds is 14. The van der Waals surface area contributed by atoms with E-state index in [0.29, 0.717) is 38.1 Å². The summed E-state index contributed by atoms with van der Waals surface area (Å²) in [7, 11) is 0. The molecule has 0 saturated carbocycles. The molecule has 0 aliphatic carbocycles. The minimum atomic E-state index is 0.396. The first-order valence-electron chi connectivity index (χ1n) is 20.6. The van der Waals surface area contributed by atoms with Crippen LogP contribution in [0.2, 0.25) is 0 Å². The van der Waals surface area contributed by atoms with E-state index in [2.05, 4.69) is 75.5 Å². The number of hydrogen-bond acceptors (Lipinski definition) is 12. The molecule has 10 aromatic rings. The fourth-order valence-corrected chi connectivity index (χ4v) is 6.86. The van der Waals surface area contributed by atoms with E-state index in [1.807, 2.05) is 147 Å². The SMILES string of the molecule is Cc1c(OCc2ccc(-c3nn[nH]n3)cc2)cccc1OCc1ccc2ccccc2n1.Cc1cc(OCc2ccc3ccccc3n2)ccc1OCc1ccc(-c2nn[nH]n2)cc1. The van der Waals surface area contributed by atoms with Crippen LogP contribution < -0.4 is 18.9 Å². The van der Waals surface area contributed by atoms with Crippen molar-refractivity contribution in [2.45, 2.75) is 40.3 Å². The Kier molecular flexibility index (Phi) is 12.4. The molecule has 14 nitrogen and oxygen atoms in total. The number of benzene rings is 6. The van der Waals surface area contributed by atoms with E-state index in [0.717, 1.165) is 89.6 Å². The summed E-state index contributed by atoms with van der Waals surface area (Å²) in [5.74, 6) is 4.32. The number of tetrazole rings is 2. The minimum absolute atomic E-state index is 0.396. The highest BCUT2D eigenvalue weighted by atomic mass is 16.5. The van der Waals surface area contributed by atoms with Crippen LogP contribution in [0, 0.1) is 13.8 Å². The first-order valence-corrected chi connectivity index (χ1v) is 20.6. The highest BCUT2D eigenvalue weighted by molar-refractivity contribution is 5.79. The number of aromatic nitrogens is 10. The molecule has 4 heterocycles. The number of fused-ring (bicyclic) bond motifs is 2. The highest BCUT2D eigenvalue weighted by Crippen LogP contribution is 2.30. The van der Waals surface area contributed by atoms with Crippen LogP contribution in [0.5, 0.6) is 23.0 Å². The quantitative estimate of drug-likeness (QED) is 0.106. The predicted molar refractivity (Wildman–Crippen MR) is 242 cm³/mol. The van der Waals surface area contributed by atoms with Crippen molar-refractivity contribution in [1.29, 1.82) is 0 Å². The number of para-hydroxylation sites is 2. The molecule has 6 aromatic carbocycles. The third-order valence-corrected chi connectivity index (χ3v) is 10.4. The normalized spacial score (nSPS) is 10.9. The molecule has 14 heteroatoms. The van der Waals surface area contributed by atoms with Crippen LogP contribution in [0.3, 0.4) is 0 Å². The average molecular weight is 847 g/mol. The van der Waals surface area contributed by atoms with E-state index in [1.165, 1.54) is 0 Å². The van der Waals surface area contributed by atoms with Crippen molar-refractivity contribution >= 4 is 21.8 Å². The maximum Gasteiger partial charge on any atom is 0.204 e. The first kappa shape index (κ1) is 40.9. The van der Waals surface area contributed by atoms with Gasteiger partial charge in [0.25, 0.3) is 0 Å². The van der Waals surface area contributed by atoms with Gasteiger partial charge in [0.05, 0.1) is 22.4 Å². The maximum atomic E-state index is 6.06. The molecule has 0 bridgehead atoms. The van der Waals surface area contributed by atoms with Gasteiger partial charge in [0.15, 0.2) is 0 Å². The number of H-pyrrole nitrogens is 2. The van der Waals surface area contributed by atoms with Crippen molar-refractivity contribution in [1.82, 2.24) is 51.2 Å². The molecule has 0 atom stereocenters. The van der Waals surface area contributed by atoms with E-state index in [1.54, 1.807) is 0 Å². The molecule has 64 heavy (non-hydrogen) atoms. The van der Waals surface area contributed by atoms with Crippen LogP contribution >= 0.6 is 0 Å². The largest absolute Gasteiger partial charge is 0.489 e. The second-order valence-electron chi connectivity index (χ2n) is 14.8. The van der Waals surface area contributed by atoms with Gasteiger partial charge in [-0.2, -0.15) is 10.4 Å². The topological polar surface area (TPSA) is 172 Å². The Morgan fingerprint density at radius 3 is 1.45 bits per heavy atom. The van der Waals surface area contributed by atoms with Gasteiger partial charge >= 0.3 is 0 Å². The second kappa shape index (κ2) is 19.5. The summed E-state index contributed by atoms with van der Waals surface area (Å²) in [6.07, 6.45) is 0. The Balaban J connectivity index is 0.000000162. The Labute approximate surface area is 368 Å². The van der Waals surface area contributed by atoms with Crippen LogP contribution in [0.15, 0.2) is 158 Å². The summed E-state index contributed by atoms with van der Waals surface area (Å²) in [4.78, 5) is 9.33. The average Bonchev–Trinajstić information content (AvgIpc) is 4.10. The van der Waals surface area contributed by atoms with E-state index in [-0.39, 0.29) is 0 Å². The molecule has 0 aliphatic rings. The molecule has 0 saturated heterocycles. The van der Waals surface area contributed by atoms with E-state index >= 15 is 0 Å². The van der Waals surface area contributed by atoms with Gasteiger partial charge in [-0.25, -0.2) is 9.97 Å². The Morgan fingerprint density at radius 1 is 0.438 bits per heavy atom. The fourth-order valence-electron chi connectivity index (χ4n) is 6.86. The van der Waals surface area contributed by atoms with Gasteiger partial charge in [0.2, 0.25) is 11.6 Å².